The van der Waals surface area contributed by atoms with Crippen LogP contribution in [0.25, 0.3) is 0 Å². The Bertz CT molecular complexity index is 584. The van der Waals surface area contributed by atoms with Crippen LogP contribution in [0.15, 0.2) is 23.8 Å². The summed E-state index contributed by atoms with van der Waals surface area (Å²) in [6, 6.07) is 4.03. The molecule has 1 aliphatic heterocycles. The van der Waals surface area contributed by atoms with Crippen molar-refractivity contribution in [3.05, 3.63) is 34.9 Å². The van der Waals surface area contributed by atoms with Crippen LogP contribution in [0.1, 0.15) is 30.4 Å². The fraction of sp³-hybridized carbons (Fsp3) is 0.500. The van der Waals surface area contributed by atoms with Gasteiger partial charge in [0.25, 0.3) is 0 Å². The van der Waals surface area contributed by atoms with Gasteiger partial charge in [0, 0.05) is 30.6 Å². The van der Waals surface area contributed by atoms with Crippen molar-refractivity contribution in [2.75, 3.05) is 34.4 Å². The summed E-state index contributed by atoms with van der Waals surface area (Å²) in [6.45, 7) is 3.72. The first-order valence-electron chi connectivity index (χ1n) is 7.86. The maximum atomic E-state index is 11.1. The van der Waals surface area contributed by atoms with Crippen LogP contribution >= 0.6 is 0 Å². The number of methoxy groups -OCH3 is 2. The highest BCUT2D eigenvalue weighted by atomic mass is 16.5. The van der Waals surface area contributed by atoms with Crippen LogP contribution in [0.5, 0.6) is 11.5 Å². The molecule has 1 atom stereocenters. The summed E-state index contributed by atoms with van der Waals surface area (Å²) < 4.78 is 11.0. The molecule has 0 aliphatic carbocycles. The number of aliphatic carboxylic acids is 1. The summed E-state index contributed by atoms with van der Waals surface area (Å²) in [4.78, 5) is 13.4. The van der Waals surface area contributed by atoms with E-state index in [0.717, 1.165) is 54.1 Å². The van der Waals surface area contributed by atoms with Crippen LogP contribution in [0.3, 0.4) is 0 Å². The number of benzene rings is 1. The Morgan fingerprint density at radius 1 is 1.35 bits per heavy atom. The van der Waals surface area contributed by atoms with E-state index in [0.29, 0.717) is 0 Å². The summed E-state index contributed by atoms with van der Waals surface area (Å²) in [5, 5.41) is 9.14. The van der Waals surface area contributed by atoms with Crippen molar-refractivity contribution in [3.8, 4) is 11.5 Å². The largest absolute Gasteiger partial charge is 0.496 e. The van der Waals surface area contributed by atoms with Crippen LogP contribution in [0.2, 0.25) is 0 Å². The van der Waals surface area contributed by atoms with Gasteiger partial charge in [0.2, 0.25) is 0 Å². The van der Waals surface area contributed by atoms with Gasteiger partial charge in [-0.15, -0.1) is 0 Å². The van der Waals surface area contributed by atoms with E-state index in [1.54, 1.807) is 14.2 Å². The van der Waals surface area contributed by atoms with E-state index < -0.39 is 5.97 Å². The van der Waals surface area contributed by atoms with Gasteiger partial charge in [0.15, 0.2) is 0 Å². The van der Waals surface area contributed by atoms with Gasteiger partial charge in [-0.25, -0.2) is 4.79 Å². The second-order valence-electron chi connectivity index (χ2n) is 5.88. The Morgan fingerprint density at radius 2 is 1.96 bits per heavy atom. The summed E-state index contributed by atoms with van der Waals surface area (Å²) in [6.07, 6.45) is 2.92. The van der Waals surface area contributed by atoms with Crippen molar-refractivity contribution in [1.29, 1.82) is 0 Å². The number of hydrogen-bond acceptors (Lipinski definition) is 4. The van der Waals surface area contributed by atoms with Crippen LogP contribution in [0.4, 0.5) is 0 Å². The van der Waals surface area contributed by atoms with Crippen molar-refractivity contribution in [3.63, 3.8) is 0 Å². The lowest BCUT2D eigenvalue weighted by molar-refractivity contribution is -0.131. The average molecular weight is 319 g/mol. The summed E-state index contributed by atoms with van der Waals surface area (Å²) in [7, 11) is 5.36. The number of carboxylic acid groups (broad SMARTS) is 1. The van der Waals surface area contributed by atoms with Crippen LogP contribution in [0, 0.1) is 0 Å². The van der Waals surface area contributed by atoms with E-state index in [9.17, 15) is 4.79 Å². The molecule has 0 bridgehead atoms. The fourth-order valence-corrected chi connectivity index (χ4v) is 3.22. The number of carboxylic acids is 1. The predicted octanol–water partition coefficient (Wildman–Crippen LogP) is 2.70. The van der Waals surface area contributed by atoms with E-state index in [4.69, 9.17) is 14.6 Å². The molecule has 0 radical (unpaired) electrons. The Balaban J connectivity index is 2.50. The van der Waals surface area contributed by atoms with Crippen molar-refractivity contribution in [2.45, 2.75) is 25.7 Å². The number of rotatable bonds is 5. The van der Waals surface area contributed by atoms with Crippen molar-refractivity contribution < 1.29 is 19.4 Å². The molecule has 1 aromatic carbocycles. The van der Waals surface area contributed by atoms with Crippen LogP contribution in [-0.4, -0.2) is 50.3 Å². The van der Waals surface area contributed by atoms with E-state index >= 15 is 0 Å². The van der Waals surface area contributed by atoms with Gasteiger partial charge < -0.3 is 19.5 Å². The molecule has 1 heterocycles. The lowest BCUT2D eigenvalue weighted by Crippen LogP contribution is -2.32. The molecule has 0 spiro atoms. The third-order valence-corrected chi connectivity index (χ3v) is 4.42. The molecule has 23 heavy (non-hydrogen) atoms. The molecule has 1 aliphatic rings. The van der Waals surface area contributed by atoms with Gasteiger partial charge in [-0.3, -0.25) is 0 Å². The Kier molecular flexibility index (Phi) is 5.66. The summed E-state index contributed by atoms with van der Waals surface area (Å²) in [5.74, 6) is 0.742. The zero-order valence-corrected chi connectivity index (χ0v) is 14.3. The second-order valence-corrected chi connectivity index (χ2v) is 5.88. The topological polar surface area (TPSA) is 59.0 Å². The van der Waals surface area contributed by atoms with E-state index in [1.165, 1.54) is 6.08 Å². The van der Waals surface area contributed by atoms with Gasteiger partial charge in [0.05, 0.1) is 14.2 Å². The zero-order valence-electron chi connectivity index (χ0n) is 14.3. The molecule has 5 nitrogen and oxygen atoms in total. The van der Waals surface area contributed by atoms with Gasteiger partial charge in [-0.05, 0) is 37.6 Å². The minimum absolute atomic E-state index is 0.0403. The normalized spacial score (nSPS) is 20.5. The number of nitrogens with zero attached hydrogens (tertiary/aromatic N) is 1. The van der Waals surface area contributed by atoms with Crippen molar-refractivity contribution in [1.82, 2.24) is 4.90 Å². The molecule has 0 amide bonds. The molecule has 1 aromatic rings. The molecule has 1 saturated heterocycles. The first-order chi connectivity index (χ1) is 11.0. The average Bonchev–Trinajstić information content (AvgIpc) is 2.54. The SMILES string of the molecule is CCc1c(OC)cc(C2CN(C)CC/C2=C\C(=O)O)cc1OC. The minimum atomic E-state index is -0.890. The standard InChI is InChI=1S/C18H25NO4/c1-5-14-16(22-3)8-13(9-17(14)23-4)15-11-19(2)7-6-12(15)10-18(20)21/h8-10,15H,5-7,11H2,1-4H3,(H,20,21)/b12-10+. The molecular weight excluding hydrogens is 294 g/mol. The third-order valence-electron chi connectivity index (χ3n) is 4.42. The second kappa shape index (κ2) is 7.51. The number of hydrogen-bond donors (Lipinski definition) is 1. The first-order valence-corrected chi connectivity index (χ1v) is 7.86. The Labute approximate surface area is 137 Å². The molecule has 1 unspecified atom stereocenters. The van der Waals surface area contributed by atoms with Gasteiger partial charge >= 0.3 is 5.97 Å². The highest BCUT2D eigenvalue weighted by Crippen LogP contribution is 2.38. The van der Waals surface area contributed by atoms with E-state index in [2.05, 4.69) is 18.9 Å². The van der Waals surface area contributed by atoms with Gasteiger partial charge in [-0.1, -0.05) is 12.5 Å². The van der Waals surface area contributed by atoms with Gasteiger partial charge in [0.1, 0.15) is 11.5 Å². The number of likely N-dealkylation sites (N-methyl/N-ethyl adjacent to an activating group) is 1. The summed E-state index contributed by atoms with van der Waals surface area (Å²) >= 11 is 0. The molecule has 0 aromatic heterocycles. The number of piperidine rings is 1. The van der Waals surface area contributed by atoms with Crippen LogP contribution < -0.4 is 9.47 Å². The van der Waals surface area contributed by atoms with Crippen molar-refractivity contribution >= 4 is 5.97 Å². The lowest BCUT2D eigenvalue weighted by Gasteiger charge is -2.33. The molecule has 0 saturated carbocycles. The Hall–Kier alpha value is -2.01. The number of likely N-dealkylation sites (tertiary alicyclic amines) is 1. The molecule has 1 fully saturated rings. The maximum absolute atomic E-state index is 11.1. The minimum Gasteiger partial charge on any atom is -0.496 e. The monoisotopic (exact) mass is 319 g/mol. The summed E-state index contributed by atoms with van der Waals surface area (Å²) in [5.41, 5.74) is 3.02. The third kappa shape index (κ3) is 3.85. The quantitative estimate of drug-likeness (QED) is 0.846. The highest BCUT2D eigenvalue weighted by Gasteiger charge is 2.26. The van der Waals surface area contributed by atoms with E-state index in [-0.39, 0.29) is 5.92 Å². The number of carbonyl (C=O) groups is 1. The predicted molar refractivity (Wildman–Crippen MR) is 89.5 cm³/mol. The smallest absolute Gasteiger partial charge is 0.328 e. The maximum Gasteiger partial charge on any atom is 0.328 e. The first kappa shape index (κ1) is 17.3. The molecule has 2 rings (SSSR count). The van der Waals surface area contributed by atoms with E-state index in [1.807, 2.05) is 12.1 Å². The molecule has 1 N–H and O–H groups in total. The highest BCUT2D eigenvalue weighted by molar-refractivity contribution is 5.81. The van der Waals surface area contributed by atoms with Gasteiger partial charge in [-0.2, -0.15) is 0 Å². The Morgan fingerprint density at radius 3 is 2.43 bits per heavy atom. The zero-order chi connectivity index (χ0) is 17.0. The fourth-order valence-electron chi connectivity index (χ4n) is 3.22. The van der Waals surface area contributed by atoms with Crippen molar-refractivity contribution in [2.24, 2.45) is 0 Å². The number of ether oxygens (including phenoxy) is 2. The van der Waals surface area contributed by atoms with Crippen LogP contribution in [-0.2, 0) is 11.2 Å². The molecule has 126 valence electrons. The molecule has 5 heteroatoms. The molecular formula is C18H25NO4. The lowest BCUT2D eigenvalue weighted by atomic mass is 9.84.